The Hall–Kier alpha value is -9.64. The molecule has 0 aliphatic rings. The highest BCUT2D eigenvalue weighted by Gasteiger charge is 2.20. The molecule has 0 bridgehead atoms. The van der Waals surface area contributed by atoms with Crippen LogP contribution in [0.5, 0.6) is 0 Å². The molecule has 14 aromatic rings. The van der Waals surface area contributed by atoms with Gasteiger partial charge in [0.1, 0.15) is 22.3 Å². The van der Waals surface area contributed by atoms with Crippen molar-refractivity contribution in [2.24, 2.45) is 0 Å². The van der Waals surface area contributed by atoms with Crippen LogP contribution in [0.4, 0.5) is 34.1 Å². The van der Waals surface area contributed by atoms with E-state index in [-0.39, 0.29) is 0 Å². The zero-order valence-corrected chi connectivity index (χ0v) is 39.1. The lowest BCUT2D eigenvalue weighted by Gasteiger charge is -2.27. The number of anilines is 6. The van der Waals surface area contributed by atoms with Gasteiger partial charge in [-0.3, -0.25) is 0 Å². The summed E-state index contributed by atoms with van der Waals surface area (Å²) in [6.07, 6.45) is 0. The fourth-order valence-electron chi connectivity index (χ4n) is 10.7. The molecule has 72 heavy (non-hydrogen) atoms. The van der Waals surface area contributed by atoms with Crippen LogP contribution in [-0.4, -0.2) is 0 Å². The van der Waals surface area contributed by atoms with Crippen molar-refractivity contribution in [2.75, 3.05) is 9.80 Å². The fourth-order valence-corrected chi connectivity index (χ4v) is 10.7. The molecule has 0 saturated carbocycles. The first-order valence-electron chi connectivity index (χ1n) is 24.5. The first kappa shape index (κ1) is 41.3. The molecule has 0 spiro atoms. The van der Waals surface area contributed by atoms with Crippen LogP contribution in [-0.2, 0) is 0 Å². The van der Waals surface area contributed by atoms with Crippen molar-refractivity contribution in [2.45, 2.75) is 0 Å². The molecule has 0 N–H and O–H groups in total. The summed E-state index contributed by atoms with van der Waals surface area (Å²) >= 11 is 0. The van der Waals surface area contributed by atoms with E-state index in [1.54, 1.807) is 0 Å². The number of hydrogen-bond acceptors (Lipinski definition) is 4. The summed E-state index contributed by atoms with van der Waals surface area (Å²) in [4.78, 5) is 4.67. The van der Waals surface area contributed by atoms with E-state index < -0.39 is 0 Å². The highest BCUT2D eigenvalue weighted by atomic mass is 16.3. The quantitative estimate of drug-likeness (QED) is 0.144. The third-order valence-corrected chi connectivity index (χ3v) is 14.2. The van der Waals surface area contributed by atoms with Crippen LogP contribution in [0.2, 0.25) is 0 Å². The molecule has 4 nitrogen and oxygen atoms in total. The molecule has 0 aliphatic heterocycles. The average Bonchev–Trinajstić information content (AvgIpc) is 4.02. The number of para-hydroxylation sites is 1. The lowest BCUT2D eigenvalue weighted by molar-refractivity contribution is 0.668. The van der Waals surface area contributed by atoms with E-state index in [0.717, 1.165) is 100 Å². The third-order valence-electron chi connectivity index (χ3n) is 14.2. The minimum atomic E-state index is 0.845. The van der Waals surface area contributed by atoms with Crippen molar-refractivity contribution in [3.63, 3.8) is 0 Å². The molecule has 0 saturated heterocycles. The van der Waals surface area contributed by atoms with Crippen LogP contribution in [0.15, 0.2) is 276 Å². The minimum Gasteiger partial charge on any atom is -0.456 e. The Labute approximate surface area is 416 Å². The van der Waals surface area contributed by atoms with E-state index in [0.29, 0.717) is 0 Å². The average molecular weight is 921 g/mol. The number of furan rings is 2. The second kappa shape index (κ2) is 17.1. The number of hydrogen-bond donors (Lipinski definition) is 0. The molecule has 0 aliphatic carbocycles. The van der Waals surface area contributed by atoms with Gasteiger partial charge in [-0.15, -0.1) is 0 Å². The van der Waals surface area contributed by atoms with Crippen LogP contribution in [0.1, 0.15) is 0 Å². The van der Waals surface area contributed by atoms with Gasteiger partial charge in [-0.2, -0.15) is 0 Å². The molecule has 2 aromatic heterocycles. The molecule has 2 heterocycles. The van der Waals surface area contributed by atoms with Crippen molar-refractivity contribution in [1.29, 1.82) is 0 Å². The molecule has 14 rings (SSSR count). The first-order valence-corrected chi connectivity index (χ1v) is 24.5. The van der Waals surface area contributed by atoms with Crippen molar-refractivity contribution >= 4 is 99.5 Å². The molecule has 0 amide bonds. The standard InChI is InChI=1S/C68H44N2O2/c1-2-13-45(14-3-1)50-18-10-22-56(40-50)70(59-34-36-62-61-25-8-9-26-64(61)71-66(62)43-59)57-23-12-20-52(42-57)51-19-11-21-55(41-51)69(54-32-29-47(30-33-54)53-28-27-46-15-4-5-17-49(46)39-53)58-35-37-63-67(44-58)72-65-38-31-48-16-6-7-24-60(48)68(63)65/h1-44H. The molecule has 0 unspecified atom stereocenters. The molecule has 0 atom stereocenters. The SMILES string of the molecule is c1ccc(-c2cccc(N(c3cccc(-c4cccc(N(c5ccc(-c6ccc7ccccc7c6)cc5)c5ccc6c(c5)oc5ccc7ccccc7c56)c4)c3)c3ccc4c(c3)oc3ccccc34)c2)cc1. The van der Waals surface area contributed by atoms with Crippen molar-refractivity contribution in [3.05, 3.63) is 267 Å². The zero-order chi connectivity index (χ0) is 47.5. The van der Waals surface area contributed by atoms with Crippen molar-refractivity contribution in [1.82, 2.24) is 0 Å². The molecule has 0 radical (unpaired) electrons. The zero-order valence-electron chi connectivity index (χ0n) is 39.1. The molecule has 0 fully saturated rings. The summed E-state index contributed by atoms with van der Waals surface area (Å²) in [6.45, 7) is 0. The number of fused-ring (bicyclic) bond motifs is 9. The predicted molar refractivity (Wildman–Crippen MR) is 302 cm³/mol. The highest BCUT2D eigenvalue weighted by Crippen LogP contribution is 2.44. The predicted octanol–water partition coefficient (Wildman–Crippen LogP) is 19.7. The number of benzene rings is 12. The van der Waals surface area contributed by atoms with E-state index in [1.807, 2.05) is 12.1 Å². The summed E-state index contributed by atoms with van der Waals surface area (Å²) in [5, 5.41) is 9.29. The van der Waals surface area contributed by atoms with Gasteiger partial charge < -0.3 is 18.6 Å². The van der Waals surface area contributed by atoms with Gasteiger partial charge in [0.15, 0.2) is 0 Å². The van der Waals surface area contributed by atoms with E-state index >= 15 is 0 Å². The van der Waals surface area contributed by atoms with E-state index in [4.69, 9.17) is 8.83 Å². The van der Waals surface area contributed by atoms with Crippen molar-refractivity contribution < 1.29 is 8.83 Å². The maximum atomic E-state index is 6.67. The Morgan fingerprint density at radius 1 is 0.208 bits per heavy atom. The highest BCUT2D eigenvalue weighted by molar-refractivity contribution is 6.19. The smallest absolute Gasteiger partial charge is 0.137 e. The summed E-state index contributed by atoms with van der Waals surface area (Å²) < 4.78 is 13.1. The van der Waals surface area contributed by atoms with E-state index in [9.17, 15) is 0 Å². The normalized spacial score (nSPS) is 11.6. The Balaban J connectivity index is 0.891. The summed E-state index contributed by atoms with van der Waals surface area (Å²) in [5.41, 5.74) is 16.4. The number of rotatable bonds is 9. The van der Waals surface area contributed by atoms with Gasteiger partial charge in [0.25, 0.3) is 0 Å². The van der Waals surface area contributed by atoms with Gasteiger partial charge in [-0.05, 0) is 146 Å². The molecule has 338 valence electrons. The van der Waals surface area contributed by atoms with Crippen LogP contribution in [0.3, 0.4) is 0 Å². The monoisotopic (exact) mass is 920 g/mol. The lowest BCUT2D eigenvalue weighted by Crippen LogP contribution is -2.10. The molecular weight excluding hydrogens is 877 g/mol. The lowest BCUT2D eigenvalue weighted by atomic mass is 10.00. The van der Waals surface area contributed by atoms with Gasteiger partial charge >= 0.3 is 0 Å². The summed E-state index contributed by atoms with van der Waals surface area (Å²) in [7, 11) is 0. The Kier molecular flexibility index (Phi) is 9.82. The van der Waals surface area contributed by atoms with E-state index in [2.05, 4.69) is 265 Å². The third kappa shape index (κ3) is 7.24. The Morgan fingerprint density at radius 2 is 0.653 bits per heavy atom. The molecule has 4 heteroatoms. The maximum Gasteiger partial charge on any atom is 0.137 e. The number of nitrogens with zero attached hydrogens (tertiary/aromatic N) is 2. The van der Waals surface area contributed by atoms with Gasteiger partial charge in [-0.25, -0.2) is 0 Å². The van der Waals surface area contributed by atoms with Gasteiger partial charge in [0.05, 0.1) is 0 Å². The molecule has 12 aromatic carbocycles. The van der Waals surface area contributed by atoms with Gasteiger partial charge in [0, 0.05) is 67.8 Å². The first-order chi connectivity index (χ1) is 35.6. The van der Waals surface area contributed by atoms with Gasteiger partial charge in [-0.1, -0.05) is 164 Å². The molecular formula is C68H44N2O2. The summed E-state index contributed by atoms with van der Waals surface area (Å²) in [5.74, 6) is 0. The van der Waals surface area contributed by atoms with Crippen LogP contribution in [0, 0.1) is 0 Å². The van der Waals surface area contributed by atoms with Crippen molar-refractivity contribution in [3.8, 4) is 33.4 Å². The maximum absolute atomic E-state index is 6.67. The Bertz CT molecular complexity index is 4360. The second-order valence-corrected chi connectivity index (χ2v) is 18.5. The van der Waals surface area contributed by atoms with Gasteiger partial charge in [0.2, 0.25) is 0 Å². The Morgan fingerprint density at radius 3 is 1.36 bits per heavy atom. The second-order valence-electron chi connectivity index (χ2n) is 18.5. The minimum absolute atomic E-state index is 0.845. The topological polar surface area (TPSA) is 32.8 Å². The fraction of sp³-hybridized carbons (Fsp3) is 0. The van der Waals surface area contributed by atoms with E-state index in [1.165, 1.54) is 32.7 Å². The largest absolute Gasteiger partial charge is 0.456 e. The summed E-state index contributed by atoms with van der Waals surface area (Å²) in [6, 6.07) is 95.4. The van der Waals surface area contributed by atoms with Crippen LogP contribution < -0.4 is 9.80 Å². The van der Waals surface area contributed by atoms with Crippen LogP contribution in [0.25, 0.3) is 98.8 Å². The van der Waals surface area contributed by atoms with Crippen LogP contribution >= 0.6 is 0 Å².